The Labute approximate surface area is 157 Å². The summed E-state index contributed by atoms with van der Waals surface area (Å²) in [5, 5.41) is 7.44. The molecule has 1 aliphatic carbocycles. The Bertz CT molecular complexity index is 754. The van der Waals surface area contributed by atoms with Gasteiger partial charge >= 0.3 is 0 Å². The molecule has 2 aliphatic rings. The van der Waals surface area contributed by atoms with Crippen LogP contribution in [0.15, 0.2) is 34.8 Å². The average molecular weight is 402 g/mol. The first-order chi connectivity index (χ1) is 12.2. The summed E-state index contributed by atoms with van der Waals surface area (Å²) >= 11 is 3.62. The van der Waals surface area contributed by atoms with Gasteiger partial charge < -0.3 is 4.90 Å². The Morgan fingerprint density at radius 1 is 1.32 bits per heavy atom. The summed E-state index contributed by atoms with van der Waals surface area (Å²) in [5.74, 6) is 0.991. The van der Waals surface area contributed by atoms with E-state index in [0.717, 1.165) is 36.0 Å². The van der Waals surface area contributed by atoms with E-state index in [0.29, 0.717) is 17.5 Å². The Balaban J connectivity index is 1.59. The van der Waals surface area contributed by atoms with Crippen LogP contribution in [0.25, 0.3) is 0 Å². The third-order valence-corrected chi connectivity index (χ3v) is 6.42. The maximum atomic E-state index is 13.2. The maximum absolute atomic E-state index is 13.2. The molecule has 1 aliphatic heterocycles. The van der Waals surface area contributed by atoms with Gasteiger partial charge in [0.15, 0.2) is 5.69 Å². The predicted molar refractivity (Wildman–Crippen MR) is 102 cm³/mol. The molecule has 1 amide bonds. The molecule has 2 aromatic rings. The first-order valence-corrected chi connectivity index (χ1v) is 10.1. The first kappa shape index (κ1) is 16.8. The second-order valence-electron chi connectivity index (χ2n) is 7.21. The minimum absolute atomic E-state index is 0.0620. The van der Waals surface area contributed by atoms with Crippen LogP contribution in [-0.2, 0) is 0 Å². The number of hydrogen-bond acceptors (Lipinski definition) is 2. The number of halogens is 1. The number of nitrogens with zero attached hydrogens (tertiary/aromatic N) is 2. The number of nitrogens with one attached hydrogen (secondary N) is 1. The lowest BCUT2D eigenvalue weighted by atomic mass is 9.87. The van der Waals surface area contributed by atoms with Gasteiger partial charge in [0.1, 0.15) is 0 Å². The van der Waals surface area contributed by atoms with E-state index < -0.39 is 0 Å². The number of rotatable bonds is 5. The molecule has 4 rings (SSSR count). The Kier molecular flexibility index (Phi) is 4.67. The number of amides is 1. The largest absolute Gasteiger partial charge is 0.334 e. The van der Waals surface area contributed by atoms with E-state index in [4.69, 9.17) is 0 Å². The van der Waals surface area contributed by atoms with E-state index in [-0.39, 0.29) is 11.9 Å². The monoisotopic (exact) mass is 401 g/mol. The molecule has 2 atom stereocenters. The summed E-state index contributed by atoms with van der Waals surface area (Å²) in [5.41, 5.74) is 2.97. The molecule has 2 unspecified atom stereocenters. The lowest BCUT2D eigenvalue weighted by Gasteiger charge is -2.31. The number of carbonyl (C=O) groups is 1. The van der Waals surface area contributed by atoms with E-state index in [9.17, 15) is 4.79 Å². The van der Waals surface area contributed by atoms with Crippen molar-refractivity contribution in [2.24, 2.45) is 0 Å². The van der Waals surface area contributed by atoms with Crippen molar-refractivity contribution in [1.82, 2.24) is 15.1 Å². The van der Waals surface area contributed by atoms with Crippen molar-refractivity contribution in [3.05, 3.63) is 51.8 Å². The number of benzene rings is 1. The van der Waals surface area contributed by atoms with E-state index in [1.165, 1.54) is 18.4 Å². The Hall–Kier alpha value is -1.62. The van der Waals surface area contributed by atoms with Crippen LogP contribution in [-0.4, -0.2) is 33.6 Å². The Morgan fingerprint density at radius 2 is 2.08 bits per heavy atom. The van der Waals surface area contributed by atoms with Gasteiger partial charge in [-0.2, -0.15) is 5.10 Å². The molecular formula is C20H24BrN3O. The fourth-order valence-electron chi connectivity index (χ4n) is 4.16. The van der Waals surface area contributed by atoms with Gasteiger partial charge in [0, 0.05) is 24.4 Å². The average Bonchev–Trinajstić information content (AvgIpc) is 3.23. The van der Waals surface area contributed by atoms with Crippen LogP contribution in [0.1, 0.15) is 72.6 Å². The van der Waals surface area contributed by atoms with Gasteiger partial charge in [0.2, 0.25) is 0 Å². The number of H-pyrrole nitrogens is 1. The number of carbonyl (C=O) groups excluding carboxylic acids is 1. The molecule has 2 heterocycles. The molecule has 4 nitrogen and oxygen atoms in total. The molecule has 0 bridgehead atoms. The number of aromatic nitrogens is 2. The van der Waals surface area contributed by atoms with Gasteiger partial charge in [-0.25, -0.2) is 0 Å². The van der Waals surface area contributed by atoms with E-state index in [1.807, 2.05) is 6.07 Å². The summed E-state index contributed by atoms with van der Waals surface area (Å²) in [6, 6.07) is 10.9. The lowest BCUT2D eigenvalue weighted by Crippen LogP contribution is -2.39. The summed E-state index contributed by atoms with van der Waals surface area (Å²) in [4.78, 5) is 15.3. The summed E-state index contributed by atoms with van der Waals surface area (Å²) in [6.45, 7) is 3.04. The standard InChI is InChI=1S/C20H24BrN3O/c1-2-15(13-7-4-3-5-8-13)16-9-6-12-24(16)20(25)19-17(21)18(22-23-19)14-10-11-14/h3-5,7-8,14-16H,2,6,9-12H2,1H3,(H,22,23). The molecule has 1 saturated carbocycles. The van der Waals surface area contributed by atoms with Gasteiger partial charge in [-0.05, 0) is 53.6 Å². The highest BCUT2D eigenvalue weighted by atomic mass is 79.9. The van der Waals surface area contributed by atoms with Crippen LogP contribution >= 0.6 is 15.9 Å². The van der Waals surface area contributed by atoms with E-state index in [1.54, 1.807) is 0 Å². The fraction of sp³-hybridized carbons (Fsp3) is 0.500. The van der Waals surface area contributed by atoms with E-state index >= 15 is 0 Å². The molecule has 5 heteroatoms. The topological polar surface area (TPSA) is 49.0 Å². The summed E-state index contributed by atoms with van der Waals surface area (Å²) in [6.07, 6.45) is 5.54. The molecule has 2 fully saturated rings. The van der Waals surface area contributed by atoms with Crippen LogP contribution in [0, 0.1) is 0 Å². The number of hydrogen-bond donors (Lipinski definition) is 1. The van der Waals surface area contributed by atoms with Gasteiger partial charge in [-0.15, -0.1) is 0 Å². The molecule has 1 N–H and O–H groups in total. The smallest absolute Gasteiger partial charge is 0.275 e. The first-order valence-electron chi connectivity index (χ1n) is 9.30. The van der Waals surface area contributed by atoms with Crippen molar-refractivity contribution >= 4 is 21.8 Å². The quantitative estimate of drug-likeness (QED) is 0.778. The minimum Gasteiger partial charge on any atom is -0.334 e. The Morgan fingerprint density at radius 3 is 2.76 bits per heavy atom. The minimum atomic E-state index is 0.0620. The second kappa shape index (κ2) is 6.94. The molecule has 0 radical (unpaired) electrons. The maximum Gasteiger partial charge on any atom is 0.275 e. The van der Waals surface area contributed by atoms with Crippen LogP contribution in [0.5, 0.6) is 0 Å². The highest BCUT2D eigenvalue weighted by molar-refractivity contribution is 9.10. The normalized spacial score (nSPS) is 21.5. The molecular weight excluding hydrogens is 378 g/mol. The van der Waals surface area contributed by atoms with Gasteiger partial charge in [0.25, 0.3) is 5.91 Å². The SMILES string of the molecule is CCC(c1ccccc1)C1CCCN1C(=O)c1n[nH]c(C2CC2)c1Br. The zero-order valence-electron chi connectivity index (χ0n) is 14.5. The van der Waals surface area contributed by atoms with Crippen molar-refractivity contribution in [2.45, 2.75) is 56.9 Å². The van der Waals surface area contributed by atoms with Crippen LogP contribution < -0.4 is 0 Å². The molecule has 132 valence electrons. The van der Waals surface area contributed by atoms with Crippen molar-refractivity contribution in [2.75, 3.05) is 6.54 Å². The number of aromatic amines is 1. The fourth-order valence-corrected chi connectivity index (χ4v) is 4.83. The lowest BCUT2D eigenvalue weighted by molar-refractivity contribution is 0.0707. The zero-order chi connectivity index (χ0) is 17.4. The second-order valence-corrected chi connectivity index (χ2v) is 8.00. The molecule has 25 heavy (non-hydrogen) atoms. The third-order valence-electron chi connectivity index (χ3n) is 5.61. The number of likely N-dealkylation sites (tertiary alicyclic amines) is 1. The van der Waals surface area contributed by atoms with Crippen molar-refractivity contribution in [3.8, 4) is 0 Å². The zero-order valence-corrected chi connectivity index (χ0v) is 16.1. The van der Waals surface area contributed by atoms with Crippen LogP contribution in [0.3, 0.4) is 0 Å². The van der Waals surface area contributed by atoms with Gasteiger partial charge in [-0.3, -0.25) is 9.89 Å². The van der Waals surface area contributed by atoms with Crippen LogP contribution in [0.2, 0.25) is 0 Å². The van der Waals surface area contributed by atoms with Crippen molar-refractivity contribution < 1.29 is 4.79 Å². The highest BCUT2D eigenvalue weighted by Gasteiger charge is 2.38. The van der Waals surface area contributed by atoms with Crippen LogP contribution in [0.4, 0.5) is 0 Å². The molecule has 1 aromatic carbocycles. The molecule has 1 aromatic heterocycles. The molecule has 0 spiro atoms. The third kappa shape index (κ3) is 3.14. The highest BCUT2D eigenvalue weighted by Crippen LogP contribution is 2.43. The van der Waals surface area contributed by atoms with Crippen molar-refractivity contribution in [1.29, 1.82) is 0 Å². The summed E-state index contributed by atoms with van der Waals surface area (Å²) < 4.78 is 0.874. The van der Waals surface area contributed by atoms with Crippen molar-refractivity contribution in [3.63, 3.8) is 0 Å². The predicted octanol–water partition coefficient (Wildman–Crippen LogP) is 4.85. The molecule has 1 saturated heterocycles. The van der Waals surface area contributed by atoms with E-state index in [2.05, 4.69) is 62.2 Å². The summed E-state index contributed by atoms with van der Waals surface area (Å²) in [7, 11) is 0. The van der Waals surface area contributed by atoms with Gasteiger partial charge in [-0.1, -0.05) is 37.3 Å². The van der Waals surface area contributed by atoms with Gasteiger partial charge in [0.05, 0.1) is 10.2 Å².